The summed E-state index contributed by atoms with van der Waals surface area (Å²) in [4.78, 5) is 0. The Hall–Kier alpha value is 0.0569. The highest BCUT2D eigenvalue weighted by molar-refractivity contribution is 6.17. The van der Waals surface area contributed by atoms with E-state index in [1.165, 1.54) is 6.42 Å². The van der Waals surface area contributed by atoms with Crippen molar-refractivity contribution in [3.63, 3.8) is 0 Å². The number of methoxy groups -OCH3 is 1. The highest BCUT2D eigenvalue weighted by Crippen LogP contribution is 1.88. The zero-order valence-corrected chi connectivity index (χ0v) is 11.4. The molecular formula is C10H24O4Si. The van der Waals surface area contributed by atoms with Gasteiger partial charge in [0.2, 0.25) is 0 Å². The highest BCUT2D eigenvalue weighted by Gasteiger charge is 1.91. The Morgan fingerprint density at radius 2 is 1.60 bits per heavy atom. The zero-order valence-electron chi connectivity index (χ0n) is 10.00. The second-order valence-corrected chi connectivity index (χ2v) is 4.30. The van der Waals surface area contributed by atoms with Crippen LogP contribution >= 0.6 is 0 Å². The Kier molecular flexibility index (Phi) is 14.1. The predicted octanol–water partition coefficient (Wildman–Crippen LogP) is 0.872. The van der Waals surface area contributed by atoms with Gasteiger partial charge in [0.25, 0.3) is 0 Å². The van der Waals surface area contributed by atoms with E-state index in [4.69, 9.17) is 18.3 Å². The van der Waals surface area contributed by atoms with Crippen LogP contribution in [0.2, 0.25) is 0 Å². The van der Waals surface area contributed by atoms with E-state index in [0.29, 0.717) is 13.2 Å². The number of rotatable bonds is 12. The SMILES string of the molecule is CCCCO[SiH2]OCCCOCCOC. The molecule has 15 heavy (non-hydrogen) atoms. The molecule has 5 heteroatoms. The summed E-state index contributed by atoms with van der Waals surface area (Å²) in [5, 5.41) is 0. The Morgan fingerprint density at radius 1 is 0.867 bits per heavy atom. The minimum atomic E-state index is -0.733. The van der Waals surface area contributed by atoms with Crippen LogP contribution in [0.4, 0.5) is 0 Å². The normalized spacial score (nSPS) is 11.6. The van der Waals surface area contributed by atoms with Crippen LogP contribution in [-0.4, -0.2) is 50.2 Å². The molecule has 0 saturated heterocycles. The molecular weight excluding hydrogens is 212 g/mol. The van der Waals surface area contributed by atoms with Gasteiger partial charge in [-0.05, 0) is 12.8 Å². The van der Waals surface area contributed by atoms with Crippen LogP contribution in [0, 0.1) is 0 Å². The van der Waals surface area contributed by atoms with Crippen molar-refractivity contribution in [3.05, 3.63) is 0 Å². The third kappa shape index (κ3) is 14.1. The van der Waals surface area contributed by atoms with Crippen LogP contribution in [0.15, 0.2) is 0 Å². The Labute approximate surface area is 95.3 Å². The van der Waals surface area contributed by atoms with E-state index in [0.717, 1.165) is 32.7 Å². The molecule has 0 rings (SSSR count). The Morgan fingerprint density at radius 3 is 2.27 bits per heavy atom. The molecule has 4 nitrogen and oxygen atoms in total. The largest absolute Gasteiger partial charge is 0.399 e. The lowest BCUT2D eigenvalue weighted by molar-refractivity contribution is 0.0632. The third-order valence-corrected chi connectivity index (χ3v) is 2.73. The van der Waals surface area contributed by atoms with Crippen LogP contribution in [0.1, 0.15) is 26.2 Å². The summed E-state index contributed by atoms with van der Waals surface area (Å²) in [6.07, 6.45) is 3.26. The van der Waals surface area contributed by atoms with Gasteiger partial charge in [-0.1, -0.05) is 13.3 Å². The topological polar surface area (TPSA) is 36.9 Å². The second kappa shape index (κ2) is 14.1. The van der Waals surface area contributed by atoms with Crippen molar-refractivity contribution in [1.82, 2.24) is 0 Å². The fraction of sp³-hybridized carbons (Fsp3) is 1.00. The minimum absolute atomic E-state index is 0.662. The Bertz CT molecular complexity index is 102. The third-order valence-electron chi connectivity index (χ3n) is 1.82. The summed E-state index contributed by atoms with van der Waals surface area (Å²) in [5.74, 6) is 0. The maximum atomic E-state index is 5.39. The van der Waals surface area contributed by atoms with E-state index in [1.807, 2.05) is 0 Å². The molecule has 0 aromatic rings. The van der Waals surface area contributed by atoms with Crippen molar-refractivity contribution in [1.29, 1.82) is 0 Å². The van der Waals surface area contributed by atoms with Gasteiger partial charge in [0.15, 0.2) is 0 Å². The lowest BCUT2D eigenvalue weighted by atomic mass is 10.4. The van der Waals surface area contributed by atoms with Crippen LogP contribution in [0.25, 0.3) is 0 Å². The first-order chi connectivity index (χ1) is 7.41. The summed E-state index contributed by atoms with van der Waals surface area (Å²) < 4.78 is 20.9. The molecule has 0 atom stereocenters. The van der Waals surface area contributed by atoms with E-state index in [1.54, 1.807) is 7.11 Å². The number of ether oxygens (including phenoxy) is 2. The summed E-state index contributed by atoms with van der Waals surface area (Å²) in [6, 6.07) is 0. The van der Waals surface area contributed by atoms with Gasteiger partial charge < -0.3 is 18.3 Å². The molecule has 0 aliphatic rings. The monoisotopic (exact) mass is 236 g/mol. The molecule has 0 fully saturated rings. The molecule has 0 saturated carbocycles. The molecule has 0 unspecified atom stereocenters. The van der Waals surface area contributed by atoms with Crippen molar-refractivity contribution < 1.29 is 18.3 Å². The zero-order chi connectivity index (χ0) is 11.2. The molecule has 0 N–H and O–H groups in total. The van der Waals surface area contributed by atoms with Crippen molar-refractivity contribution in [2.45, 2.75) is 26.2 Å². The first-order valence-electron chi connectivity index (χ1n) is 5.64. The molecule has 0 aliphatic heterocycles. The van der Waals surface area contributed by atoms with Gasteiger partial charge in [-0.25, -0.2) is 0 Å². The molecule has 92 valence electrons. The summed E-state index contributed by atoms with van der Waals surface area (Å²) in [6.45, 7) is 5.84. The molecule has 0 aromatic heterocycles. The van der Waals surface area contributed by atoms with Gasteiger partial charge in [-0.2, -0.15) is 0 Å². The lowest BCUT2D eigenvalue weighted by Gasteiger charge is -2.05. The van der Waals surface area contributed by atoms with Crippen LogP contribution < -0.4 is 0 Å². The fourth-order valence-electron chi connectivity index (χ4n) is 0.931. The van der Waals surface area contributed by atoms with E-state index in [9.17, 15) is 0 Å². The van der Waals surface area contributed by atoms with Crippen molar-refractivity contribution in [3.8, 4) is 0 Å². The second-order valence-electron chi connectivity index (χ2n) is 3.25. The summed E-state index contributed by atoms with van der Waals surface area (Å²) in [7, 11) is 0.939. The van der Waals surface area contributed by atoms with E-state index < -0.39 is 10.0 Å². The van der Waals surface area contributed by atoms with E-state index in [-0.39, 0.29) is 0 Å². The maximum Gasteiger partial charge on any atom is 0.304 e. The van der Waals surface area contributed by atoms with Crippen LogP contribution in [0.5, 0.6) is 0 Å². The van der Waals surface area contributed by atoms with Crippen molar-refractivity contribution in [2.24, 2.45) is 0 Å². The molecule has 0 spiro atoms. The molecule has 0 aliphatic carbocycles. The molecule has 0 bridgehead atoms. The smallest absolute Gasteiger partial charge is 0.304 e. The van der Waals surface area contributed by atoms with Crippen LogP contribution in [0.3, 0.4) is 0 Å². The molecule has 0 amide bonds. The van der Waals surface area contributed by atoms with Gasteiger partial charge >= 0.3 is 10.0 Å². The summed E-state index contributed by atoms with van der Waals surface area (Å²) in [5.41, 5.74) is 0. The summed E-state index contributed by atoms with van der Waals surface area (Å²) >= 11 is 0. The van der Waals surface area contributed by atoms with Gasteiger partial charge in [-0.3, -0.25) is 0 Å². The fourth-order valence-corrected chi connectivity index (χ4v) is 1.69. The van der Waals surface area contributed by atoms with Gasteiger partial charge in [-0.15, -0.1) is 0 Å². The number of hydrogen-bond donors (Lipinski definition) is 0. The van der Waals surface area contributed by atoms with E-state index in [2.05, 4.69) is 6.92 Å². The van der Waals surface area contributed by atoms with Crippen molar-refractivity contribution in [2.75, 3.05) is 40.1 Å². The van der Waals surface area contributed by atoms with Gasteiger partial charge in [0.05, 0.1) is 13.2 Å². The number of hydrogen-bond acceptors (Lipinski definition) is 4. The maximum absolute atomic E-state index is 5.39. The first kappa shape index (κ1) is 15.1. The minimum Gasteiger partial charge on any atom is -0.399 e. The predicted molar refractivity (Wildman–Crippen MR) is 62.7 cm³/mol. The van der Waals surface area contributed by atoms with Gasteiger partial charge in [0, 0.05) is 26.9 Å². The average Bonchev–Trinajstić information content (AvgIpc) is 2.26. The van der Waals surface area contributed by atoms with Crippen molar-refractivity contribution >= 4 is 10.0 Å². The standard InChI is InChI=1S/C10H24O4Si/c1-3-4-7-13-15-14-8-5-6-12-10-9-11-2/h3-10,15H2,1-2H3. The van der Waals surface area contributed by atoms with Gasteiger partial charge in [0.1, 0.15) is 0 Å². The first-order valence-corrected chi connectivity index (χ1v) is 6.79. The highest BCUT2D eigenvalue weighted by atomic mass is 28.3. The quantitative estimate of drug-likeness (QED) is 0.372. The lowest BCUT2D eigenvalue weighted by Crippen LogP contribution is -2.09. The molecule has 0 heterocycles. The van der Waals surface area contributed by atoms with Crippen LogP contribution in [-0.2, 0) is 18.3 Å². The van der Waals surface area contributed by atoms with E-state index >= 15 is 0 Å². The molecule has 0 radical (unpaired) electrons. The average molecular weight is 236 g/mol. The Balaban J connectivity index is 2.81. The number of unbranched alkanes of at least 4 members (excludes halogenated alkanes) is 1. The molecule has 0 aromatic carbocycles.